The minimum atomic E-state index is -0.0187. The second kappa shape index (κ2) is 6.79. The van der Waals surface area contributed by atoms with Crippen molar-refractivity contribution in [1.82, 2.24) is 10.3 Å². The second-order valence-electron chi connectivity index (χ2n) is 6.57. The van der Waals surface area contributed by atoms with Gasteiger partial charge >= 0.3 is 0 Å². The Morgan fingerprint density at radius 2 is 2.00 bits per heavy atom. The van der Waals surface area contributed by atoms with Crippen LogP contribution in [0.3, 0.4) is 0 Å². The molecule has 2 aromatic rings. The van der Waals surface area contributed by atoms with Gasteiger partial charge in [-0.25, -0.2) is 0 Å². The van der Waals surface area contributed by atoms with Gasteiger partial charge in [-0.15, -0.1) is 0 Å². The van der Waals surface area contributed by atoms with Crippen molar-refractivity contribution in [2.75, 3.05) is 6.54 Å². The molecule has 2 rings (SSSR count). The van der Waals surface area contributed by atoms with E-state index in [1.807, 2.05) is 30.3 Å². The predicted molar refractivity (Wildman–Crippen MR) is 88.6 cm³/mol. The van der Waals surface area contributed by atoms with Crippen LogP contribution >= 0.6 is 0 Å². The van der Waals surface area contributed by atoms with E-state index in [-0.39, 0.29) is 11.3 Å². The molecule has 3 heteroatoms. The summed E-state index contributed by atoms with van der Waals surface area (Å²) in [6, 6.07) is 9.86. The highest BCUT2D eigenvalue weighted by molar-refractivity contribution is 5.97. The first-order chi connectivity index (χ1) is 10.0. The number of hydrogen-bond donors (Lipinski definition) is 2. The van der Waals surface area contributed by atoms with Crippen LogP contribution in [0.4, 0.5) is 0 Å². The molecular formula is C18H26N2O. The van der Waals surface area contributed by atoms with Gasteiger partial charge in [-0.3, -0.25) is 4.79 Å². The first kappa shape index (κ1) is 15.6. The van der Waals surface area contributed by atoms with Gasteiger partial charge in [0.25, 0.3) is 5.91 Å². The van der Waals surface area contributed by atoms with Crippen LogP contribution in [-0.4, -0.2) is 17.4 Å². The Morgan fingerprint density at radius 3 is 2.71 bits per heavy atom. The first-order valence-corrected chi connectivity index (χ1v) is 7.88. The number of carbonyl (C=O) groups excluding carboxylic acids is 1. The summed E-state index contributed by atoms with van der Waals surface area (Å²) in [4.78, 5) is 15.4. The third-order valence-corrected chi connectivity index (χ3v) is 3.96. The van der Waals surface area contributed by atoms with Gasteiger partial charge in [0.1, 0.15) is 5.69 Å². The van der Waals surface area contributed by atoms with E-state index in [1.165, 1.54) is 19.3 Å². The molecule has 1 aromatic carbocycles. The van der Waals surface area contributed by atoms with Crippen LogP contribution in [0.25, 0.3) is 10.9 Å². The average Bonchev–Trinajstić information content (AvgIpc) is 2.89. The standard InChI is InChI=1S/C18H26N2O/c1-4-5-8-11-18(2,3)13-19-17(21)16-12-14-9-6-7-10-15(14)20-16/h6-7,9-10,12,20H,4-5,8,11,13H2,1-3H3,(H,19,21). The molecule has 0 saturated heterocycles. The molecule has 0 fully saturated rings. The summed E-state index contributed by atoms with van der Waals surface area (Å²) in [7, 11) is 0. The molecule has 3 nitrogen and oxygen atoms in total. The molecule has 0 spiro atoms. The molecule has 0 aliphatic carbocycles. The fourth-order valence-electron chi connectivity index (χ4n) is 2.55. The molecule has 0 bridgehead atoms. The minimum Gasteiger partial charge on any atom is -0.351 e. The van der Waals surface area contributed by atoms with Crippen LogP contribution in [0.5, 0.6) is 0 Å². The maximum absolute atomic E-state index is 12.2. The van der Waals surface area contributed by atoms with Crippen molar-refractivity contribution < 1.29 is 4.79 Å². The number of H-pyrrole nitrogens is 1. The summed E-state index contributed by atoms with van der Waals surface area (Å²) in [6.07, 6.45) is 4.87. The Kier molecular flexibility index (Phi) is 5.05. The van der Waals surface area contributed by atoms with Gasteiger partial charge in [0.2, 0.25) is 0 Å². The lowest BCUT2D eigenvalue weighted by molar-refractivity contribution is 0.0930. The predicted octanol–water partition coefficient (Wildman–Crippen LogP) is 4.50. The number of rotatable bonds is 7. The normalized spacial score (nSPS) is 11.8. The zero-order chi connectivity index (χ0) is 15.3. The maximum Gasteiger partial charge on any atom is 0.267 e. The number of unbranched alkanes of at least 4 members (excludes halogenated alkanes) is 2. The fourth-order valence-corrected chi connectivity index (χ4v) is 2.55. The van der Waals surface area contributed by atoms with Crippen molar-refractivity contribution in [2.45, 2.75) is 46.5 Å². The van der Waals surface area contributed by atoms with Crippen molar-refractivity contribution in [3.63, 3.8) is 0 Å². The summed E-state index contributed by atoms with van der Waals surface area (Å²) >= 11 is 0. The highest BCUT2D eigenvalue weighted by atomic mass is 16.1. The minimum absolute atomic E-state index is 0.0187. The van der Waals surface area contributed by atoms with E-state index >= 15 is 0 Å². The Hall–Kier alpha value is -1.77. The largest absolute Gasteiger partial charge is 0.351 e. The van der Waals surface area contributed by atoms with E-state index in [4.69, 9.17) is 0 Å². The summed E-state index contributed by atoms with van der Waals surface area (Å²) in [5.74, 6) is -0.0187. The molecule has 0 saturated carbocycles. The van der Waals surface area contributed by atoms with Gasteiger partial charge in [-0.05, 0) is 24.0 Å². The van der Waals surface area contributed by atoms with E-state index in [0.717, 1.165) is 17.3 Å². The van der Waals surface area contributed by atoms with E-state index < -0.39 is 0 Å². The van der Waals surface area contributed by atoms with Gasteiger partial charge in [0.05, 0.1) is 0 Å². The van der Waals surface area contributed by atoms with E-state index in [0.29, 0.717) is 12.2 Å². The summed E-state index contributed by atoms with van der Waals surface area (Å²) < 4.78 is 0. The molecule has 1 aromatic heterocycles. The molecule has 0 aliphatic heterocycles. The molecule has 1 amide bonds. The van der Waals surface area contributed by atoms with Crippen molar-refractivity contribution in [3.8, 4) is 0 Å². The number of hydrogen-bond acceptors (Lipinski definition) is 1. The SMILES string of the molecule is CCCCCC(C)(C)CNC(=O)c1cc2ccccc2[nH]1. The Labute approximate surface area is 127 Å². The molecule has 0 radical (unpaired) electrons. The summed E-state index contributed by atoms with van der Waals surface area (Å²) in [6.45, 7) is 7.36. The van der Waals surface area contributed by atoms with Crippen LogP contribution < -0.4 is 5.32 Å². The van der Waals surface area contributed by atoms with Crippen molar-refractivity contribution >= 4 is 16.8 Å². The molecule has 1 heterocycles. The zero-order valence-corrected chi connectivity index (χ0v) is 13.3. The van der Waals surface area contributed by atoms with Crippen molar-refractivity contribution in [3.05, 3.63) is 36.0 Å². The van der Waals surface area contributed by atoms with Crippen LogP contribution in [0, 0.1) is 5.41 Å². The monoisotopic (exact) mass is 286 g/mol. The molecule has 2 N–H and O–H groups in total. The average molecular weight is 286 g/mol. The summed E-state index contributed by atoms with van der Waals surface area (Å²) in [5.41, 5.74) is 1.79. The lowest BCUT2D eigenvalue weighted by Gasteiger charge is -2.24. The Morgan fingerprint density at radius 1 is 1.24 bits per heavy atom. The van der Waals surface area contributed by atoms with Gasteiger partial charge in [-0.1, -0.05) is 58.2 Å². The Bertz CT molecular complexity index is 565. The molecule has 0 aliphatic rings. The van der Waals surface area contributed by atoms with Crippen LogP contribution in [0.1, 0.15) is 56.9 Å². The van der Waals surface area contributed by atoms with Crippen molar-refractivity contribution in [2.24, 2.45) is 5.41 Å². The molecule has 21 heavy (non-hydrogen) atoms. The number of aromatic nitrogens is 1. The van der Waals surface area contributed by atoms with E-state index in [1.54, 1.807) is 0 Å². The van der Waals surface area contributed by atoms with Crippen molar-refractivity contribution in [1.29, 1.82) is 0 Å². The number of nitrogens with one attached hydrogen (secondary N) is 2. The molecule has 114 valence electrons. The molecule has 0 unspecified atom stereocenters. The third-order valence-electron chi connectivity index (χ3n) is 3.96. The number of aromatic amines is 1. The number of benzene rings is 1. The number of para-hydroxylation sites is 1. The number of carbonyl (C=O) groups is 1. The zero-order valence-electron chi connectivity index (χ0n) is 13.3. The molecule has 0 atom stereocenters. The smallest absolute Gasteiger partial charge is 0.267 e. The van der Waals surface area contributed by atoms with E-state index in [2.05, 4.69) is 31.1 Å². The lowest BCUT2D eigenvalue weighted by Crippen LogP contribution is -2.34. The molecular weight excluding hydrogens is 260 g/mol. The van der Waals surface area contributed by atoms with Gasteiger partial charge in [0, 0.05) is 17.4 Å². The van der Waals surface area contributed by atoms with Crippen LogP contribution in [-0.2, 0) is 0 Å². The highest BCUT2D eigenvalue weighted by Gasteiger charge is 2.19. The number of amides is 1. The third kappa shape index (κ3) is 4.35. The van der Waals surface area contributed by atoms with Crippen LogP contribution in [0.15, 0.2) is 30.3 Å². The fraction of sp³-hybridized carbons (Fsp3) is 0.500. The second-order valence-corrected chi connectivity index (χ2v) is 6.57. The van der Waals surface area contributed by atoms with E-state index in [9.17, 15) is 4.79 Å². The lowest BCUT2D eigenvalue weighted by atomic mass is 9.87. The highest BCUT2D eigenvalue weighted by Crippen LogP contribution is 2.23. The van der Waals surface area contributed by atoms with Gasteiger partial charge < -0.3 is 10.3 Å². The van der Waals surface area contributed by atoms with Gasteiger partial charge in [-0.2, -0.15) is 0 Å². The number of fused-ring (bicyclic) bond motifs is 1. The Balaban J connectivity index is 1.92. The topological polar surface area (TPSA) is 44.9 Å². The summed E-state index contributed by atoms with van der Waals surface area (Å²) in [5, 5.41) is 4.13. The van der Waals surface area contributed by atoms with Gasteiger partial charge in [0.15, 0.2) is 0 Å². The maximum atomic E-state index is 12.2. The quantitative estimate of drug-likeness (QED) is 0.723. The first-order valence-electron chi connectivity index (χ1n) is 7.88. The van der Waals surface area contributed by atoms with Crippen LogP contribution in [0.2, 0.25) is 0 Å².